The molecule has 0 aliphatic heterocycles. The quantitative estimate of drug-likeness (QED) is 0.719. The molecule has 0 radical (unpaired) electrons. The van der Waals surface area contributed by atoms with Gasteiger partial charge in [-0.2, -0.15) is 9.90 Å². The van der Waals surface area contributed by atoms with E-state index in [1.807, 2.05) is 24.3 Å². The molecule has 0 saturated carbocycles. The van der Waals surface area contributed by atoms with Crippen molar-refractivity contribution in [1.29, 1.82) is 0 Å². The zero-order chi connectivity index (χ0) is 13.9. The largest absolute Gasteiger partial charge is 0.156 e. The van der Waals surface area contributed by atoms with E-state index in [4.69, 9.17) is 11.6 Å². The van der Waals surface area contributed by atoms with Gasteiger partial charge in [0.25, 0.3) is 0 Å². The van der Waals surface area contributed by atoms with Crippen molar-refractivity contribution in [3.05, 3.63) is 65.3 Å². The van der Waals surface area contributed by atoms with Gasteiger partial charge in [0.15, 0.2) is 0 Å². The van der Waals surface area contributed by atoms with Crippen molar-refractivity contribution < 1.29 is 0 Å². The van der Waals surface area contributed by atoms with E-state index in [1.165, 1.54) is 5.56 Å². The van der Waals surface area contributed by atoms with Crippen LogP contribution >= 0.6 is 23.4 Å². The third-order valence-electron chi connectivity index (χ3n) is 2.75. The maximum Gasteiger partial charge on any atom is 0.144 e. The van der Waals surface area contributed by atoms with Crippen molar-refractivity contribution in [3.63, 3.8) is 0 Å². The Morgan fingerprint density at radius 1 is 1.10 bits per heavy atom. The van der Waals surface area contributed by atoms with Crippen molar-refractivity contribution in [2.24, 2.45) is 0 Å². The molecule has 5 heteroatoms. The lowest BCUT2D eigenvalue weighted by Gasteiger charge is -2.00. The molecule has 2 aromatic carbocycles. The molecular weight excluding hydrogens is 290 g/mol. The van der Waals surface area contributed by atoms with Crippen LogP contribution in [0.3, 0.4) is 0 Å². The van der Waals surface area contributed by atoms with Gasteiger partial charge in [-0.25, -0.2) is 0 Å². The summed E-state index contributed by atoms with van der Waals surface area (Å²) in [5.74, 6) is 0. The first-order valence-electron chi connectivity index (χ1n) is 6.13. The molecule has 0 amide bonds. The van der Waals surface area contributed by atoms with E-state index in [0.717, 1.165) is 15.6 Å². The molecular formula is C15H12ClN3S. The normalized spacial score (nSPS) is 10.7. The number of aryl methyl sites for hydroxylation is 1. The molecule has 0 aliphatic rings. The first kappa shape index (κ1) is 13.2. The van der Waals surface area contributed by atoms with Crippen molar-refractivity contribution in [2.45, 2.75) is 16.8 Å². The van der Waals surface area contributed by atoms with Gasteiger partial charge in [0.2, 0.25) is 0 Å². The Balaban J connectivity index is 1.82. The predicted molar refractivity (Wildman–Crippen MR) is 81.7 cm³/mol. The predicted octanol–water partition coefficient (Wildman–Crippen LogP) is 4.38. The standard InChI is InChI=1S/C15H12ClN3S/c1-11-5-7-14(8-6-11)20-15-10-17-19(18-15)13-4-2-3-12(16)9-13/h2-10H,1H3. The van der Waals surface area contributed by atoms with E-state index in [2.05, 4.69) is 41.4 Å². The summed E-state index contributed by atoms with van der Waals surface area (Å²) in [5, 5.41) is 10.2. The Labute approximate surface area is 126 Å². The van der Waals surface area contributed by atoms with E-state index in [1.54, 1.807) is 22.8 Å². The fourth-order valence-corrected chi connectivity index (χ4v) is 2.66. The summed E-state index contributed by atoms with van der Waals surface area (Å²) in [5.41, 5.74) is 2.10. The van der Waals surface area contributed by atoms with Gasteiger partial charge in [0.1, 0.15) is 5.03 Å². The van der Waals surface area contributed by atoms with Crippen molar-refractivity contribution in [1.82, 2.24) is 15.0 Å². The van der Waals surface area contributed by atoms with Crippen LogP contribution < -0.4 is 0 Å². The van der Waals surface area contributed by atoms with E-state index in [-0.39, 0.29) is 0 Å². The van der Waals surface area contributed by atoms with E-state index >= 15 is 0 Å². The highest BCUT2D eigenvalue weighted by molar-refractivity contribution is 7.99. The number of nitrogens with zero attached hydrogens (tertiary/aromatic N) is 3. The SMILES string of the molecule is Cc1ccc(Sc2cnn(-c3cccc(Cl)c3)n2)cc1. The minimum atomic E-state index is 0.674. The maximum absolute atomic E-state index is 5.97. The summed E-state index contributed by atoms with van der Waals surface area (Å²) in [6.07, 6.45) is 1.76. The van der Waals surface area contributed by atoms with Crippen LogP contribution in [0.1, 0.15) is 5.56 Å². The minimum absolute atomic E-state index is 0.674. The zero-order valence-electron chi connectivity index (χ0n) is 10.8. The molecule has 1 heterocycles. The highest BCUT2D eigenvalue weighted by Gasteiger charge is 2.05. The second-order valence-corrected chi connectivity index (χ2v) is 5.90. The number of aromatic nitrogens is 3. The van der Waals surface area contributed by atoms with Gasteiger partial charge in [-0.1, -0.05) is 47.1 Å². The van der Waals surface area contributed by atoms with Crippen molar-refractivity contribution in [2.75, 3.05) is 0 Å². The number of benzene rings is 2. The fraction of sp³-hybridized carbons (Fsp3) is 0.0667. The molecule has 0 saturated heterocycles. The molecule has 20 heavy (non-hydrogen) atoms. The van der Waals surface area contributed by atoms with Gasteiger partial charge in [-0.3, -0.25) is 0 Å². The van der Waals surface area contributed by atoms with E-state index < -0.39 is 0 Å². The average molecular weight is 302 g/mol. The molecule has 100 valence electrons. The topological polar surface area (TPSA) is 30.7 Å². The van der Waals surface area contributed by atoms with Gasteiger partial charge in [0, 0.05) is 9.92 Å². The molecule has 0 fully saturated rings. The van der Waals surface area contributed by atoms with E-state index in [0.29, 0.717) is 5.02 Å². The molecule has 3 aromatic rings. The summed E-state index contributed by atoms with van der Waals surface area (Å²) in [6.45, 7) is 2.07. The average Bonchev–Trinajstić information content (AvgIpc) is 2.90. The van der Waals surface area contributed by atoms with Crippen LogP contribution in [0, 0.1) is 6.92 Å². The summed E-state index contributed by atoms with van der Waals surface area (Å²) in [7, 11) is 0. The summed E-state index contributed by atoms with van der Waals surface area (Å²) in [6, 6.07) is 15.8. The monoisotopic (exact) mass is 301 g/mol. The lowest BCUT2D eigenvalue weighted by molar-refractivity contribution is 0.735. The third-order valence-corrected chi connectivity index (χ3v) is 3.89. The van der Waals surface area contributed by atoms with Gasteiger partial charge in [0.05, 0.1) is 11.9 Å². The lowest BCUT2D eigenvalue weighted by Crippen LogP contribution is -1.97. The number of rotatable bonds is 3. The second-order valence-electron chi connectivity index (χ2n) is 4.37. The fourth-order valence-electron chi connectivity index (χ4n) is 1.75. The van der Waals surface area contributed by atoms with Crippen LogP contribution in [-0.4, -0.2) is 15.0 Å². The lowest BCUT2D eigenvalue weighted by atomic mass is 10.2. The molecule has 1 aromatic heterocycles. The smallest absolute Gasteiger partial charge is 0.144 e. The third kappa shape index (κ3) is 3.03. The van der Waals surface area contributed by atoms with Crippen LogP contribution in [0.5, 0.6) is 0 Å². The van der Waals surface area contributed by atoms with Crippen molar-refractivity contribution in [3.8, 4) is 5.69 Å². The van der Waals surface area contributed by atoms with Gasteiger partial charge in [-0.05, 0) is 37.3 Å². The van der Waals surface area contributed by atoms with Crippen LogP contribution in [0.25, 0.3) is 5.69 Å². The molecule has 0 unspecified atom stereocenters. The van der Waals surface area contributed by atoms with Gasteiger partial charge >= 0.3 is 0 Å². The first-order chi connectivity index (χ1) is 9.70. The highest BCUT2D eigenvalue weighted by Crippen LogP contribution is 2.26. The molecule has 3 rings (SSSR count). The first-order valence-corrected chi connectivity index (χ1v) is 7.33. The summed E-state index contributed by atoms with van der Waals surface area (Å²) < 4.78 is 0. The Kier molecular flexibility index (Phi) is 3.76. The van der Waals surface area contributed by atoms with Gasteiger partial charge in [-0.15, -0.1) is 5.10 Å². The Hall–Kier alpha value is -1.78. The van der Waals surface area contributed by atoms with Crippen LogP contribution in [0.4, 0.5) is 0 Å². The highest BCUT2D eigenvalue weighted by atomic mass is 35.5. The van der Waals surface area contributed by atoms with Crippen molar-refractivity contribution >= 4 is 23.4 Å². The number of hydrogen-bond donors (Lipinski definition) is 0. The van der Waals surface area contributed by atoms with Crippen LogP contribution in [0.2, 0.25) is 5.02 Å². The Bertz CT molecular complexity index is 722. The second kappa shape index (κ2) is 5.69. The molecule has 3 nitrogen and oxygen atoms in total. The summed E-state index contributed by atoms with van der Waals surface area (Å²) in [4.78, 5) is 2.73. The zero-order valence-corrected chi connectivity index (χ0v) is 12.4. The molecule has 0 aliphatic carbocycles. The van der Waals surface area contributed by atoms with Gasteiger partial charge < -0.3 is 0 Å². The van der Waals surface area contributed by atoms with E-state index in [9.17, 15) is 0 Å². The molecule has 0 bridgehead atoms. The molecule has 0 spiro atoms. The number of hydrogen-bond acceptors (Lipinski definition) is 3. The Morgan fingerprint density at radius 3 is 2.65 bits per heavy atom. The molecule has 0 N–H and O–H groups in total. The summed E-state index contributed by atoms with van der Waals surface area (Å²) >= 11 is 7.56. The number of halogens is 1. The minimum Gasteiger partial charge on any atom is -0.156 e. The Morgan fingerprint density at radius 2 is 1.90 bits per heavy atom. The maximum atomic E-state index is 5.97. The molecule has 0 atom stereocenters. The van der Waals surface area contributed by atoms with Crippen LogP contribution in [0.15, 0.2) is 64.6 Å². The van der Waals surface area contributed by atoms with Crippen LogP contribution in [-0.2, 0) is 0 Å².